The molecule has 1 amide bonds. The summed E-state index contributed by atoms with van der Waals surface area (Å²) < 4.78 is 7.00. The van der Waals surface area contributed by atoms with Crippen molar-refractivity contribution < 1.29 is 9.53 Å². The van der Waals surface area contributed by atoms with E-state index in [-0.39, 0.29) is 24.0 Å². The lowest BCUT2D eigenvalue weighted by molar-refractivity contribution is 0.0501. The van der Waals surface area contributed by atoms with Gasteiger partial charge < -0.3 is 9.64 Å². The van der Waals surface area contributed by atoms with E-state index in [1.807, 2.05) is 37.4 Å². The maximum absolute atomic E-state index is 13.4. The van der Waals surface area contributed by atoms with Crippen LogP contribution in [0.3, 0.4) is 0 Å². The number of rotatable bonds is 4. The van der Waals surface area contributed by atoms with Crippen LogP contribution in [-0.4, -0.2) is 54.8 Å². The van der Waals surface area contributed by atoms with Gasteiger partial charge in [0.25, 0.3) is 5.91 Å². The van der Waals surface area contributed by atoms with Gasteiger partial charge in [-0.2, -0.15) is 20.1 Å². The summed E-state index contributed by atoms with van der Waals surface area (Å²) in [6.45, 7) is 0. The van der Waals surface area contributed by atoms with Crippen LogP contribution in [0, 0.1) is 0 Å². The molecule has 3 aromatic rings. The quantitative estimate of drug-likeness (QED) is 0.682. The van der Waals surface area contributed by atoms with Gasteiger partial charge in [0.05, 0.1) is 31.2 Å². The zero-order valence-corrected chi connectivity index (χ0v) is 16.6. The van der Waals surface area contributed by atoms with E-state index in [1.165, 1.54) is 0 Å². The van der Waals surface area contributed by atoms with Crippen molar-refractivity contribution >= 4 is 5.91 Å². The van der Waals surface area contributed by atoms with Gasteiger partial charge in [0, 0.05) is 24.7 Å². The average Bonchev–Trinajstić information content (AvgIpc) is 3.46. The van der Waals surface area contributed by atoms with Crippen LogP contribution in [0.5, 0.6) is 5.75 Å². The van der Waals surface area contributed by atoms with Gasteiger partial charge in [-0.25, -0.2) is 0 Å². The molecule has 2 bridgehead atoms. The number of aryl methyl sites for hydroxylation is 1. The molecule has 2 aromatic heterocycles. The summed E-state index contributed by atoms with van der Waals surface area (Å²) in [5.74, 6) is 0.835. The Labute approximate surface area is 169 Å². The molecule has 0 N–H and O–H groups in total. The van der Waals surface area contributed by atoms with Crippen molar-refractivity contribution in [1.29, 1.82) is 0 Å². The summed E-state index contributed by atoms with van der Waals surface area (Å²) in [6, 6.07) is 10.4. The summed E-state index contributed by atoms with van der Waals surface area (Å²) in [6.07, 6.45) is 7.31. The maximum atomic E-state index is 13.4. The number of benzene rings is 1. The molecule has 8 heteroatoms. The number of methoxy groups -OCH3 is 1. The standard InChI is InChI=1S/C21H24N6O2/c1-25-20(13-19(24-25)14-4-3-5-18(10-14)29-2)21(28)26-15-6-7-16(26)12-17(11-15)27-22-8-9-23-27/h3-5,8-10,13,15-17H,6-7,11-12H2,1-2H3. The van der Waals surface area contributed by atoms with Crippen LogP contribution >= 0.6 is 0 Å². The van der Waals surface area contributed by atoms with Gasteiger partial charge in [0.1, 0.15) is 11.4 Å². The minimum atomic E-state index is 0.0634. The predicted molar refractivity (Wildman–Crippen MR) is 106 cm³/mol. The molecule has 5 rings (SSSR count). The van der Waals surface area contributed by atoms with Crippen LogP contribution in [0.2, 0.25) is 0 Å². The third-order valence-electron chi connectivity index (χ3n) is 6.17. The Kier molecular flexibility index (Phi) is 4.34. The van der Waals surface area contributed by atoms with Gasteiger partial charge in [-0.1, -0.05) is 12.1 Å². The molecule has 150 valence electrons. The number of hydrogen-bond donors (Lipinski definition) is 0. The predicted octanol–water partition coefficient (Wildman–Crippen LogP) is 2.70. The normalized spacial score (nSPS) is 23.4. The number of hydrogen-bond acceptors (Lipinski definition) is 5. The summed E-state index contributed by atoms with van der Waals surface area (Å²) in [7, 11) is 3.48. The highest BCUT2D eigenvalue weighted by atomic mass is 16.5. The second-order valence-corrected chi connectivity index (χ2v) is 7.84. The minimum absolute atomic E-state index is 0.0634. The van der Waals surface area contributed by atoms with E-state index >= 15 is 0 Å². The molecule has 2 atom stereocenters. The van der Waals surface area contributed by atoms with Crippen molar-refractivity contribution in [2.45, 2.75) is 43.8 Å². The summed E-state index contributed by atoms with van der Waals surface area (Å²) >= 11 is 0. The molecule has 1 aromatic carbocycles. The molecule has 0 spiro atoms. The number of carbonyl (C=O) groups excluding carboxylic acids is 1. The molecule has 29 heavy (non-hydrogen) atoms. The summed E-state index contributed by atoms with van der Waals surface area (Å²) in [4.78, 5) is 17.3. The van der Waals surface area contributed by atoms with Crippen molar-refractivity contribution in [2.75, 3.05) is 7.11 Å². The highest BCUT2D eigenvalue weighted by molar-refractivity contribution is 5.94. The fourth-order valence-electron chi connectivity index (χ4n) is 4.81. The topological polar surface area (TPSA) is 78.1 Å². The van der Waals surface area contributed by atoms with E-state index < -0.39 is 0 Å². The SMILES string of the molecule is COc1cccc(-c2cc(C(=O)N3C4CCC3CC(n3nccn3)C4)n(C)n2)c1. The van der Waals surface area contributed by atoms with Crippen molar-refractivity contribution in [3.63, 3.8) is 0 Å². The van der Waals surface area contributed by atoms with Gasteiger partial charge in [-0.15, -0.1) is 0 Å². The number of carbonyl (C=O) groups is 1. The molecule has 2 saturated heterocycles. The first-order valence-electron chi connectivity index (χ1n) is 10.0. The van der Waals surface area contributed by atoms with E-state index in [2.05, 4.69) is 20.2 Å². The fourth-order valence-corrected chi connectivity index (χ4v) is 4.81. The average molecular weight is 392 g/mol. The van der Waals surface area contributed by atoms with Gasteiger partial charge in [0.15, 0.2) is 0 Å². The molecule has 2 aliphatic heterocycles. The second kappa shape index (κ2) is 7.02. The maximum Gasteiger partial charge on any atom is 0.272 e. The van der Waals surface area contributed by atoms with E-state index in [4.69, 9.17) is 4.74 Å². The Balaban J connectivity index is 1.39. The van der Waals surface area contributed by atoms with E-state index in [1.54, 1.807) is 29.0 Å². The minimum Gasteiger partial charge on any atom is -0.497 e. The van der Waals surface area contributed by atoms with Crippen LogP contribution < -0.4 is 4.74 Å². The molecule has 8 nitrogen and oxygen atoms in total. The lowest BCUT2D eigenvalue weighted by atomic mass is 9.97. The lowest BCUT2D eigenvalue weighted by Gasteiger charge is -2.38. The largest absolute Gasteiger partial charge is 0.497 e. The van der Waals surface area contributed by atoms with Crippen LogP contribution in [0.25, 0.3) is 11.3 Å². The fraction of sp³-hybridized carbons (Fsp3) is 0.429. The monoisotopic (exact) mass is 392 g/mol. The van der Waals surface area contributed by atoms with E-state index in [9.17, 15) is 4.79 Å². The Bertz CT molecular complexity index is 1010. The van der Waals surface area contributed by atoms with E-state index in [0.717, 1.165) is 42.7 Å². The first kappa shape index (κ1) is 17.9. The number of nitrogens with zero attached hydrogens (tertiary/aromatic N) is 6. The molecular formula is C21H24N6O2. The van der Waals surface area contributed by atoms with Crippen molar-refractivity contribution in [2.24, 2.45) is 7.05 Å². The Hall–Kier alpha value is -3.16. The summed E-state index contributed by atoms with van der Waals surface area (Å²) in [5.41, 5.74) is 2.33. The van der Waals surface area contributed by atoms with Crippen molar-refractivity contribution in [1.82, 2.24) is 29.7 Å². The van der Waals surface area contributed by atoms with Crippen LogP contribution in [0.1, 0.15) is 42.2 Å². The van der Waals surface area contributed by atoms with Crippen molar-refractivity contribution in [3.05, 3.63) is 48.4 Å². The first-order valence-corrected chi connectivity index (χ1v) is 10.0. The summed E-state index contributed by atoms with van der Waals surface area (Å²) in [5, 5.41) is 13.2. The Morgan fingerprint density at radius 2 is 1.79 bits per heavy atom. The molecule has 2 fully saturated rings. The number of amides is 1. The van der Waals surface area contributed by atoms with Crippen molar-refractivity contribution in [3.8, 4) is 17.0 Å². The molecule has 0 saturated carbocycles. The Morgan fingerprint density at radius 1 is 1.07 bits per heavy atom. The number of ether oxygens (including phenoxy) is 1. The van der Waals surface area contributed by atoms with Crippen LogP contribution in [0.4, 0.5) is 0 Å². The second-order valence-electron chi connectivity index (χ2n) is 7.84. The van der Waals surface area contributed by atoms with E-state index in [0.29, 0.717) is 5.69 Å². The number of piperidine rings is 1. The highest BCUT2D eigenvalue weighted by Gasteiger charge is 2.45. The van der Waals surface area contributed by atoms with Gasteiger partial charge >= 0.3 is 0 Å². The third-order valence-corrected chi connectivity index (χ3v) is 6.17. The Morgan fingerprint density at radius 3 is 2.48 bits per heavy atom. The number of fused-ring (bicyclic) bond motifs is 2. The lowest BCUT2D eigenvalue weighted by Crippen LogP contribution is -2.47. The molecule has 4 heterocycles. The number of aromatic nitrogens is 5. The van der Waals surface area contributed by atoms with Gasteiger partial charge in [-0.05, 0) is 43.9 Å². The van der Waals surface area contributed by atoms with Crippen LogP contribution in [0.15, 0.2) is 42.7 Å². The molecular weight excluding hydrogens is 368 g/mol. The first-order chi connectivity index (χ1) is 14.1. The molecule has 2 aliphatic rings. The zero-order chi connectivity index (χ0) is 20.0. The third kappa shape index (κ3) is 3.08. The van der Waals surface area contributed by atoms with Gasteiger partial charge in [-0.3, -0.25) is 9.48 Å². The highest BCUT2D eigenvalue weighted by Crippen LogP contribution is 2.41. The zero-order valence-electron chi connectivity index (χ0n) is 16.6. The van der Waals surface area contributed by atoms with Crippen LogP contribution in [-0.2, 0) is 7.05 Å². The smallest absolute Gasteiger partial charge is 0.272 e. The molecule has 0 radical (unpaired) electrons. The molecule has 0 aliphatic carbocycles. The van der Waals surface area contributed by atoms with Gasteiger partial charge in [0.2, 0.25) is 0 Å². The molecule has 2 unspecified atom stereocenters.